The predicted octanol–water partition coefficient (Wildman–Crippen LogP) is 2.57. The van der Waals surface area contributed by atoms with E-state index in [4.69, 9.17) is 0 Å². The standard InChI is InChI=1S/C19H32N4O2S/c1-20-19(21-14-6-9-16-7-4-5-8-16)22-15-17-10-12-18(13-11-17)26(24,25)23(2)3/h10-13,16H,4-9,14-15H2,1-3H3,(H2,20,21,22). The third-order valence-electron chi connectivity index (χ3n) is 4.94. The van der Waals surface area contributed by atoms with E-state index in [-0.39, 0.29) is 0 Å². The van der Waals surface area contributed by atoms with E-state index in [1.54, 1.807) is 19.2 Å². The van der Waals surface area contributed by atoms with Crippen molar-refractivity contribution >= 4 is 16.0 Å². The maximum absolute atomic E-state index is 12.1. The Morgan fingerprint density at radius 1 is 1.15 bits per heavy atom. The third-order valence-corrected chi connectivity index (χ3v) is 6.77. The summed E-state index contributed by atoms with van der Waals surface area (Å²) in [7, 11) is 1.46. The van der Waals surface area contributed by atoms with Crippen LogP contribution in [0.1, 0.15) is 44.1 Å². The van der Waals surface area contributed by atoms with Gasteiger partial charge in [-0.05, 0) is 36.5 Å². The van der Waals surface area contributed by atoms with Crippen LogP contribution >= 0.6 is 0 Å². The molecule has 0 spiro atoms. The maximum Gasteiger partial charge on any atom is 0.242 e. The molecule has 26 heavy (non-hydrogen) atoms. The van der Waals surface area contributed by atoms with Crippen LogP contribution in [0.5, 0.6) is 0 Å². The lowest BCUT2D eigenvalue weighted by Gasteiger charge is -2.14. The molecule has 0 aromatic heterocycles. The molecule has 0 atom stereocenters. The molecule has 1 aliphatic carbocycles. The molecule has 0 heterocycles. The molecular weight excluding hydrogens is 348 g/mol. The van der Waals surface area contributed by atoms with E-state index in [0.717, 1.165) is 24.0 Å². The molecule has 6 nitrogen and oxygen atoms in total. The van der Waals surface area contributed by atoms with Crippen molar-refractivity contribution in [2.45, 2.75) is 50.0 Å². The van der Waals surface area contributed by atoms with E-state index in [2.05, 4.69) is 15.6 Å². The molecule has 0 aliphatic heterocycles. The lowest BCUT2D eigenvalue weighted by atomic mass is 10.0. The van der Waals surface area contributed by atoms with Gasteiger partial charge < -0.3 is 10.6 Å². The molecule has 1 fully saturated rings. The SMILES string of the molecule is CN=C(NCCCC1CCCC1)NCc1ccc(S(=O)(=O)N(C)C)cc1. The summed E-state index contributed by atoms with van der Waals surface area (Å²) in [4.78, 5) is 4.55. The number of sulfonamides is 1. The third kappa shape index (κ3) is 5.99. The van der Waals surface area contributed by atoms with E-state index in [1.165, 1.54) is 56.9 Å². The zero-order valence-electron chi connectivity index (χ0n) is 16.2. The van der Waals surface area contributed by atoms with Gasteiger partial charge >= 0.3 is 0 Å². The maximum atomic E-state index is 12.1. The molecule has 2 N–H and O–H groups in total. The van der Waals surface area contributed by atoms with Crippen molar-refractivity contribution in [3.63, 3.8) is 0 Å². The summed E-state index contributed by atoms with van der Waals surface area (Å²) in [6, 6.07) is 6.95. The first-order valence-electron chi connectivity index (χ1n) is 9.39. The minimum absolute atomic E-state index is 0.306. The Hall–Kier alpha value is -1.60. The van der Waals surface area contributed by atoms with Gasteiger partial charge in [0.15, 0.2) is 5.96 Å². The molecule has 0 radical (unpaired) electrons. The Kier molecular flexibility index (Phi) is 7.90. The number of nitrogens with zero attached hydrogens (tertiary/aromatic N) is 2. The molecule has 0 saturated heterocycles. The average Bonchev–Trinajstić information content (AvgIpc) is 3.15. The molecule has 146 valence electrons. The van der Waals surface area contributed by atoms with Crippen molar-refractivity contribution in [1.82, 2.24) is 14.9 Å². The van der Waals surface area contributed by atoms with Crippen molar-refractivity contribution in [2.24, 2.45) is 10.9 Å². The summed E-state index contributed by atoms with van der Waals surface area (Å²) in [6.07, 6.45) is 8.05. The van der Waals surface area contributed by atoms with Gasteiger partial charge in [0.25, 0.3) is 0 Å². The molecule has 2 rings (SSSR count). The van der Waals surface area contributed by atoms with Crippen molar-refractivity contribution in [3.8, 4) is 0 Å². The van der Waals surface area contributed by atoms with Crippen molar-refractivity contribution in [3.05, 3.63) is 29.8 Å². The second kappa shape index (κ2) is 9.92. The molecule has 1 saturated carbocycles. The highest BCUT2D eigenvalue weighted by Crippen LogP contribution is 2.28. The molecular formula is C19H32N4O2S. The summed E-state index contributed by atoms with van der Waals surface area (Å²) in [5, 5.41) is 6.62. The van der Waals surface area contributed by atoms with E-state index < -0.39 is 10.0 Å². The number of rotatable bonds is 8. The fraction of sp³-hybridized carbons (Fsp3) is 0.632. The van der Waals surface area contributed by atoms with E-state index in [9.17, 15) is 8.42 Å². The Labute approximate surface area is 158 Å². The molecule has 0 bridgehead atoms. The first-order chi connectivity index (χ1) is 12.4. The monoisotopic (exact) mass is 380 g/mol. The van der Waals surface area contributed by atoms with Gasteiger partial charge in [-0.1, -0.05) is 37.8 Å². The van der Waals surface area contributed by atoms with E-state index in [0.29, 0.717) is 11.4 Å². The van der Waals surface area contributed by atoms with Crippen molar-refractivity contribution in [1.29, 1.82) is 0 Å². The van der Waals surface area contributed by atoms with Crippen LogP contribution < -0.4 is 10.6 Å². The number of benzene rings is 1. The van der Waals surface area contributed by atoms with Gasteiger partial charge in [0.05, 0.1) is 4.90 Å². The molecule has 1 aromatic rings. The molecule has 7 heteroatoms. The highest BCUT2D eigenvalue weighted by molar-refractivity contribution is 7.89. The van der Waals surface area contributed by atoms with Gasteiger partial charge in [-0.2, -0.15) is 0 Å². The van der Waals surface area contributed by atoms with Crippen LogP contribution in [-0.4, -0.2) is 46.4 Å². The Bertz CT molecular complexity index is 678. The molecule has 0 amide bonds. The summed E-state index contributed by atoms with van der Waals surface area (Å²) in [6.45, 7) is 1.53. The van der Waals surface area contributed by atoms with Gasteiger partial charge in [0.2, 0.25) is 10.0 Å². The number of guanidine groups is 1. The topological polar surface area (TPSA) is 73.8 Å². The Balaban J connectivity index is 1.75. The van der Waals surface area contributed by atoms with Crippen LogP contribution in [0.15, 0.2) is 34.2 Å². The Morgan fingerprint density at radius 3 is 2.38 bits per heavy atom. The van der Waals surface area contributed by atoms with Gasteiger partial charge in [-0.3, -0.25) is 4.99 Å². The van der Waals surface area contributed by atoms with Crippen LogP contribution in [-0.2, 0) is 16.6 Å². The first-order valence-corrected chi connectivity index (χ1v) is 10.8. The lowest BCUT2D eigenvalue weighted by molar-refractivity contribution is 0.481. The normalized spacial score (nSPS) is 16.2. The van der Waals surface area contributed by atoms with Crippen LogP contribution in [0, 0.1) is 5.92 Å². The molecule has 0 unspecified atom stereocenters. The van der Waals surface area contributed by atoms with Crippen LogP contribution in [0.4, 0.5) is 0 Å². The predicted molar refractivity (Wildman–Crippen MR) is 107 cm³/mol. The highest BCUT2D eigenvalue weighted by Gasteiger charge is 2.16. The lowest BCUT2D eigenvalue weighted by Crippen LogP contribution is -2.37. The van der Waals surface area contributed by atoms with E-state index in [1.807, 2.05) is 12.1 Å². The summed E-state index contributed by atoms with van der Waals surface area (Å²) < 4.78 is 25.4. The Morgan fingerprint density at radius 2 is 1.81 bits per heavy atom. The van der Waals surface area contributed by atoms with Gasteiger partial charge in [0.1, 0.15) is 0 Å². The minimum Gasteiger partial charge on any atom is -0.356 e. The van der Waals surface area contributed by atoms with Crippen LogP contribution in [0.25, 0.3) is 0 Å². The van der Waals surface area contributed by atoms with Gasteiger partial charge in [0, 0.05) is 34.2 Å². The number of hydrogen-bond donors (Lipinski definition) is 2. The van der Waals surface area contributed by atoms with Crippen LogP contribution in [0.3, 0.4) is 0 Å². The molecule has 1 aromatic carbocycles. The smallest absolute Gasteiger partial charge is 0.242 e. The summed E-state index contributed by atoms with van der Waals surface area (Å²) in [5.41, 5.74) is 1.01. The molecule has 1 aliphatic rings. The number of nitrogens with one attached hydrogen (secondary N) is 2. The number of aliphatic imine (C=N–C) groups is 1. The van der Waals surface area contributed by atoms with Crippen molar-refractivity contribution < 1.29 is 8.42 Å². The zero-order chi connectivity index (χ0) is 19.0. The summed E-state index contributed by atoms with van der Waals surface area (Å²) >= 11 is 0. The largest absolute Gasteiger partial charge is 0.356 e. The fourth-order valence-electron chi connectivity index (χ4n) is 3.29. The van der Waals surface area contributed by atoms with Gasteiger partial charge in [-0.25, -0.2) is 12.7 Å². The minimum atomic E-state index is -3.37. The van der Waals surface area contributed by atoms with Gasteiger partial charge in [-0.15, -0.1) is 0 Å². The second-order valence-electron chi connectivity index (χ2n) is 7.08. The van der Waals surface area contributed by atoms with E-state index >= 15 is 0 Å². The highest BCUT2D eigenvalue weighted by atomic mass is 32.2. The zero-order valence-corrected chi connectivity index (χ0v) is 17.0. The average molecular weight is 381 g/mol. The quantitative estimate of drug-likeness (QED) is 0.413. The first kappa shape index (κ1) is 20.7. The summed E-state index contributed by atoms with van der Waals surface area (Å²) in [5.74, 6) is 1.70. The van der Waals surface area contributed by atoms with Crippen LogP contribution in [0.2, 0.25) is 0 Å². The van der Waals surface area contributed by atoms with Crippen molar-refractivity contribution in [2.75, 3.05) is 27.7 Å². The number of hydrogen-bond acceptors (Lipinski definition) is 3. The second-order valence-corrected chi connectivity index (χ2v) is 9.23. The fourth-order valence-corrected chi connectivity index (χ4v) is 4.19.